The van der Waals surface area contributed by atoms with E-state index in [1.165, 1.54) is 6.07 Å². The van der Waals surface area contributed by atoms with Crippen molar-refractivity contribution in [3.63, 3.8) is 0 Å². The summed E-state index contributed by atoms with van der Waals surface area (Å²) in [5, 5.41) is 8.37. The van der Waals surface area contributed by atoms with E-state index < -0.39 is 17.5 Å². The topological polar surface area (TPSA) is 45.9 Å². The summed E-state index contributed by atoms with van der Waals surface area (Å²) >= 11 is 0. The molecule has 0 radical (unpaired) electrons. The molecule has 74 valence electrons. The fourth-order valence-electron chi connectivity index (χ4n) is 0.888. The van der Waals surface area contributed by atoms with Crippen LogP contribution in [0.4, 0.5) is 13.2 Å². The van der Waals surface area contributed by atoms with Crippen molar-refractivity contribution in [1.29, 1.82) is 5.26 Å². The molecule has 0 unspecified atom stereocenters. The van der Waals surface area contributed by atoms with Crippen LogP contribution in [0.1, 0.15) is 11.3 Å². The first-order chi connectivity index (χ1) is 6.49. The number of nitriles is 1. The summed E-state index contributed by atoms with van der Waals surface area (Å²) in [5.41, 5.74) is -1.29. The number of rotatable bonds is 1. The lowest BCUT2D eigenvalue weighted by Gasteiger charge is -2.10. The zero-order chi connectivity index (χ0) is 10.8. The van der Waals surface area contributed by atoms with E-state index in [9.17, 15) is 13.2 Å². The number of aromatic nitrogens is 1. The Morgan fingerprint density at radius 2 is 2.14 bits per heavy atom. The smallest absolute Gasteiger partial charge is 0.420 e. The largest absolute Gasteiger partial charge is 0.495 e. The van der Waals surface area contributed by atoms with E-state index in [4.69, 9.17) is 5.26 Å². The highest BCUT2D eigenvalue weighted by Crippen LogP contribution is 2.35. The summed E-state index contributed by atoms with van der Waals surface area (Å²) in [6.07, 6.45) is -3.67. The highest BCUT2D eigenvalue weighted by Gasteiger charge is 2.34. The van der Waals surface area contributed by atoms with Crippen molar-refractivity contribution in [3.8, 4) is 11.8 Å². The normalized spacial score (nSPS) is 10.8. The maximum atomic E-state index is 12.3. The first-order valence-corrected chi connectivity index (χ1v) is 3.50. The standard InChI is InChI=1S/C8H5F3N2O/c1-14-7-4-13-5(3-12)2-6(7)8(9,10)11/h2,4H,1H3. The van der Waals surface area contributed by atoms with Crippen molar-refractivity contribution in [2.75, 3.05) is 7.11 Å². The molecule has 0 atom stereocenters. The predicted octanol–water partition coefficient (Wildman–Crippen LogP) is 1.98. The number of halogens is 3. The van der Waals surface area contributed by atoms with E-state index in [2.05, 4.69) is 9.72 Å². The third-order valence-corrected chi connectivity index (χ3v) is 1.51. The molecule has 0 saturated carbocycles. The molecule has 0 aromatic carbocycles. The van der Waals surface area contributed by atoms with E-state index in [1.54, 1.807) is 0 Å². The van der Waals surface area contributed by atoms with Gasteiger partial charge in [0.1, 0.15) is 23.1 Å². The number of ether oxygens (including phenoxy) is 1. The lowest BCUT2D eigenvalue weighted by atomic mass is 10.2. The van der Waals surface area contributed by atoms with Crippen LogP contribution in [0.15, 0.2) is 12.3 Å². The molecule has 0 spiro atoms. The van der Waals surface area contributed by atoms with Gasteiger partial charge in [0, 0.05) is 0 Å². The van der Waals surface area contributed by atoms with Crippen LogP contribution in [-0.2, 0) is 6.18 Å². The van der Waals surface area contributed by atoms with Crippen LogP contribution in [-0.4, -0.2) is 12.1 Å². The van der Waals surface area contributed by atoms with Crippen molar-refractivity contribution in [2.45, 2.75) is 6.18 Å². The second kappa shape index (κ2) is 3.54. The molecule has 0 amide bonds. The Hall–Kier alpha value is -1.77. The molecule has 0 aliphatic carbocycles. The van der Waals surface area contributed by atoms with E-state index in [0.717, 1.165) is 13.3 Å². The minimum atomic E-state index is -4.54. The minimum absolute atomic E-state index is 0.293. The summed E-state index contributed by atoms with van der Waals surface area (Å²) in [4.78, 5) is 3.46. The minimum Gasteiger partial charge on any atom is -0.495 e. The number of alkyl halides is 3. The lowest BCUT2D eigenvalue weighted by Crippen LogP contribution is -2.08. The van der Waals surface area contributed by atoms with Crippen molar-refractivity contribution >= 4 is 0 Å². The van der Waals surface area contributed by atoms with Gasteiger partial charge in [0.25, 0.3) is 0 Å². The van der Waals surface area contributed by atoms with E-state index >= 15 is 0 Å². The maximum Gasteiger partial charge on any atom is 0.420 e. The molecule has 1 aromatic heterocycles. The third-order valence-electron chi connectivity index (χ3n) is 1.51. The average Bonchev–Trinajstić information content (AvgIpc) is 2.15. The van der Waals surface area contributed by atoms with Crippen LogP contribution in [0.3, 0.4) is 0 Å². The maximum absolute atomic E-state index is 12.3. The number of methoxy groups -OCH3 is 1. The highest BCUT2D eigenvalue weighted by atomic mass is 19.4. The fraction of sp³-hybridized carbons (Fsp3) is 0.250. The van der Waals surface area contributed by atoms with Gasteiger partial charge in [-0.15, -0.1) is 0 Å². The molecule has 1 aromatic rings. The number of pyridine rings is 1. The second-order valence-corrected chi connectivity index (χ2v) is 2.38. The number of nitrogens with zero attached hydrogens (tertiary/aromatic N) is 2. The molecule has 0 fully saturated rings. The van der Waals surface area contributed by atoms with Crippen LogP contribution >= 0.6 is 0 Å². The quantitative estimate of drug-likeness (QED) is 0.699. The van der Waals surface area contributed by atoms with E-state index in [-0.39, 0.29) is 5.69 Å². The Labute approximate surface area is 77.7 Å². The van der Waals surface area contributed by atoms with Crippen LogP contribution in [0.2, 0.25) is 0 Å². The van der Waals surface area contributed by atoms with E-state index in [0.29, 0.717) is 6.07 Å². The molecule has 0 aliphatic rings. The Bertz CT molecular complexity index is 381. The highest BCUT2D eigenvalue weighted by molar-refractivity contribution is 5.38. The molecule has 0 saturated heterocycles. The molecule has 6 heteroatoms. The van der Waals surface area contributed by atoms with Crippen molar-refractivity contribution in [3.05, 3.63) is 23.5 Å². The van der Waals surface area contributed by atoms with E-state index in [1.807, 2.05) is 0 Å². The van der Waals surface area contributed by atoms with Crippen LogP contribution < -0.4 is 4.74 Å². The van der Waals surface area contributed by atoms with Gasteiger partial charge in [-0.25, -0.2) is 4.98 Å². The van der Waals surface area contributed by atoms with Gasteiger partial charge >= 0.3 is 6.18 Å². The molecule has 1 heterocycles. The molecular formula is C8H5F3N2O. The van der Waals surface area contributed by atoms with Crippen LogP contribution in [0.25, 0.3) is 0 Å². The Kier molecular flexibility index (Phi) is 2.60. The lowest BCUT2D eigenvalue weighted by molar-refractivity contribution is -0.138. The summed E-state index contributed by atoms with van der Waals surface area (Å²) in [7, 11) is 1.11. The van der Waals surface area contributed by atoms with Gasteiger partial charge in [0.2, 0.25) is 0 Å². The van der Waals surface area contributed by atoms with Crippen molar-refractivity contribution in [1.82, 2.24) is 4.98 Å². The van der Waals surface area contributed by atoms with Gasteiger partial charge in [-0.1, -0.05) is 0 Å². The third kappa shape index (κ3) is 1.93. The average molecular weight is 202 g/mol. The second-order valence-electron chi connectivity index (χ2n) is 2.38. The van der Waals surface area contributed by atoms with Gasteiger partial charge in [0.15, 0.2) is 0 Å². The zero-order valence-corrected chi connectivity index (χ0v) is 7.09. The van der Waals surface area contributed by atoms with Gasteiger partial charge < -0.3 is 4.74 Å². The summed E-state index contributed by atoms with van der Waals surface area (Å²) < 4.78 is 41.5. The Morgan fingerprint density at radius 3 is 2.57 bits per heavy atom. The van der Waals surface area contributed by atoms with Gasteiger partial charge in [-0.05, 0) is 6.07 Å². The van der Waals surface area contributed by atoms with Gasteiger partial charge in [0.05, 0.1) is 13.3 Å². The fourth-order valence-corrected chi connectivity index (χ4v) is 0.888. The number of hydrogen-bond acceptors (Lipinski definition) is 3. The SMILES string of the molecule is COc1cnc(C#N)cc1C(F)(F)F. The zero-order valence-electron chi connectivity index (χ0n) is 7.09. The Morgan fingerprint density at radius 1 is 1.50 bits per heavy atom. The van der Waals surface area contributed by atoms with Crippen molar-refractivity contribution < 1.29 is 17.9 Å². The molecule has 1 rings (SSSR count). The van der Waals surface area contributed by atoms with Crippen molar-refractivity contribution in [2.24, 2.45) is 0 Å². The van der Waals surface area contributed by atoms with Gasteiger partial charge in [-0.3, -0.25) is 0 Å². The summed E-state index contributed by atoms with van der Waals surface area (Å²) in [5.74, 6) is -0.392. The van der Waals surface area contributed by atoms with Gasteiger partial charge in [-0.2, -0.15) is 18.4 Å². The van der Waals surface area contributed by atoms with Crippen LogP contribution in [0, 0.1) is 11.3 Å². The van der Waals surface area contributed by atoms with Crippen LogP contribution in [0.5, 0.6) is 5.75 Å². The molecule has 14 heavy (non-hydrogen) atoms. The monoisotopic (exact) mass is 202 g/mol. The predicted molar refractivity (Wildman–Crippen MR) is 40.5 cm³/mol. The first-order valence-electron chi connectivity index (χ1n) is 3.50. The molecule has 0 aliphatic heterocycles. The molecule has 3 nitrogen and oxygen atoms in total. The number of hydrogen-bond donors (Lipinski definition) is 0. The molecule has 0 bridgehead atoms. The molecule has 0 N–H and O–H groups in total. The summed E-state index contributed by atoms with van der Waals surface area (Å²) in [6.45, 7) is 0. The Balaban J connectivity index is 3.31. The first kappa shape index (κ1) is 10.3. The molecular weight excluding hydrogens is 197 g/mol. The summed E-state index contributed by atoms with van der Waals surface area (Å²) in [6, 6.07) is 2.18.